The average molecular weight is 381 g/mol. The van der Waals surface area contributed by atoms with Gasteiger partial charge >= 0.3 is 6.18 Å². The van der Waals surface area contributed by atoms with Gasteiger partial charge in [-0.2, -0.15) is 13.2 Å². The Labute approximate surface area is 142 Å². The Morgan fingerprint density at radius 1 is 1.32 bits per heavy atom. The van der Waals surface area contributed by atoms with Crippen molar-refractivity contribution in [2.45, 2.75) is 42.8 Å². The Bertz CT molecular complexity index is 746. The van der Waals surface area contributed by atoms with Crippen molar-refractivity contribution in [1.82, 2.24) is 4.72 Å². The predicted octanol–water partition coefficient (Wildman–Crippen LogP) is 2.41. The molecule has 1 saturated carbocycles. The first-order valence-electron chi connectivity index (χ1n) is 7.64. The van der Waals surface area contributed by atoms with Gasteiger partial charge in [-0.15, -0.1) is 0 Å². The summed E-state index contributed by atoms with van der Waals surface area (Å²) in [5.41, 5.74) is 3.18. The lowest BCUT2D eigenvalue weighted by molar-refractivity contribution is -0.385. The van der Waals surface area contributed by atoms with Crippen molar-refractivity contribution < 1.29 is 26.5 Å². The number of nitro benzene ring substituents is 1. The molecule has 25 heavy (non-hydrogen) atoms. The van der Waals surface area contributed by atoms with Gasteiger partial charge in [-0.25, -0.2) is 13.1 Å². The third-order valence-corrected chi connectivity index (χ3v) is 5.85. The monoisotopic (exact) mass is 381 g/mol. The normalized spacial score (nSPS) is 17.6. The summed E-state index contributed by atoms with van der Waals surface area (Å²) >= 11 is 0. The van der Waals surface area contributed by atoms with E-state index in [0.29, 0.717) is 6.07 Å². The summed E-state index contributed by atoms with van der Waals surface area (Å²) < 4.78 is 66.8. The molecule has 0 aromatic heterocycles. The average Bonchev–Trinajstić information content (AvgIpc) is 3.05. The van der Waals surface area contributed by atoms with E-state index in [1.54, 1.807) is 0 Å². The Kier molecular flexibility index (Phi) is 5.69. The SMILES string of the molecule is NCC(NS(=O)(=O)c1ccc([N+](=O)[O-])cc1C(F)(F)F)C1CCCC1. The van der Waals surface area contributed by atoms with Gasteiger partial charge < -0.3 is 5.73 Å². The number of non-ortho nitro benzene ring substituents is 1. The molecule has 0 spiro atoms. The zero-order chi connectivity index (χ0) is 18.8. The number of benzene rings is 1. The molecule has 1 aromatic rings. The van der Waals surface area contributed by atoms with Crippen LogP contribution in [0.25, 0.3) is 0 Å². The summed E-state index contributed by atoms with van der Waals surface area (Å²) in [6.45, 7) is -0.0434. The first-order valence-corrected chi connectivity index (χ1v) is 9.12. The van der Waals surface area contributed by atoms with Crippen LogP contribution in [0.1, 0.15) is 31.2 Å². The Morgan fingerprint density at radius 2 is 1.92 bits per heavy atom. The van der Waals surface area contributed by atoms with Gasteiger partial charge in [-0.05, 0) is 24.8 Å². The topological polar surface area (TPSA) is 115 Å². The van der Waals surface area contributed by atoms with Crippen LogP contribution in [-0.2, 0) is 16.2 Å². The van der Waals surface area contributed by atoms with Crippen molar-refractivity contribution in [2.24, 2.45) is 11.7 Å². The van der Waals surface area contributed by atoms with Crippen LogP contribution in [0.4, 0.5) is 18.9 Å². The number of halogens is 3. The maximum Gasteiger partial charge on any atom is 0.417 e. The quantitative estimate of drug-likeness (QED) is 0.580. The number of sulfonamides is 1. The molecular formula is C14H18F3N3O4S. The van der Waals surface area contributed by atoms with E-state index in [0.717, 1.165) is 31.7 Å². The summed E-state index contributed by atoms with van der Waals surface area (Å²) in [6.07, 6.45) is -1.74. The van der Waals surface area contributed by atoms with Crippen LogP contribution in [-0.4, -0.2) is 25.9 Å². The summed E-state index contributed by atoms with van der Waals surface area (Å²) in [4.78, 5) is 8.64. The van der Waals surface area contributed by atoms with Crippen LogP contribution in [0.5, 0.6) is 0 Å². The molecule has 1 aliphatic carbocycles. The van der Waals surface area contributed by atoms with Gasteiger partial charge in [0.2, 0.25) is 10.0 Å². The summed E-state index contributed by atoms with van der Waals surface area (Å²) in [5.74, 6) is -0.0350. The van der Waals surface area contributed by atoms with Crippen LogP contribution in [0.3, 0.4) is 0 Å². The van der Waals surface area contributed by atoms with Crippen LogP contribution < -0.4 is 10.5 Å². The summed E-state index contributed by atoms with van der Waals surface area (Å²) in [6, 6.07) is 0.882. The third kappa shape index (κ3) is 4.47. The molecule has 1 fully saturated rings. The van der Waals surface area contributed by atoms with E-state index in [1.807, 2.05) is 0 Å². The molecule has 0 aliphatic heterocycles. The first-order chi connectivity index (χ1) is 11.6. The van der Waals surface area contributed by atoms with E-state index in [2.05, 4.69) is 4.72 Å². The van der Waals surface area contributed by atoms with Crippen molar-refractivity contribution in [2.75, 3.05) is 6.54 Å². The second-order valence-electron chi connectivity index (χ2n) is 5.94. The van der Waals surface area contributed by atoms with Gasteiger partial charge in [-0.1, -0.05) is 12.8 Å². The Morgan fingerprint density at radius 3 is 2.40 bits per heavy atom. The molecule has 2 rings (SSSR count). The van der Waals surface area contributed by atoms with Crippen molar-refractivity contribution in [1.29, 1.82) is 0 Å². The summed E-state index contributed by atoms with van der Waals surface area (Å²) in [7, 11) is -4.54. The molecule has 3 N–H and O–H groups in total. The fourth-order valence-corrected chi connectivity index (χ4v) is 4.57. The molecule has 0 amide bonds. The number of nitrogens with two attached hydrogens (primary N) is 1. The molecule has 1 aliphatic rings. The molecule has 7 nitrogen and oxygen atoms in total. The fraction of sp³-hybridized carbons (Fsp3) is 0.571. The van der Waals surface area contributed by atoms with Crippen LogP contribution >= 0.6 is 0 Å². The van der Waals surface area contributed by atoms with Crippen LogP contribution in [0.2, 0.25) is 0 Å². The van der Waals surface area contributed by atoms with Gasteiger partial charge in [0.25, 0.3) is 5.69 Å². The molecule has 1 aromatic carbocycles. The fourth-order valence-electron chi connectivity index (χ4n) is 3.05. The number of alkyl halides is 3. The highest BCUT2D eigenvalue weighted by Gasteiger charge is 2.40. The van der Waals surface area contributed by atoms with Crippen LogP contribution in [0.15, 0.2) is 23.1 Å². The molecule has 140 valence electrons. The van der Waals surface area contributed by atoms with E-state index in [9.17, 15) is 31.7 Å². The zero-order valence-corrected chi connectivity index (χ0v) is 13.9. The highest BCUT2D eigenvalue weighted by atomic mass is 32.2. The number of hydrogen-bond acceptors (Lipinski definition) is 5. The third-order valence-electron chi connectivity index (χ3n) is 4.30. The lowest BCUT2D eigenvalue weighted by atomic mass is 9.99. The van der Waals surface area contributed by atoms with Gasteiger partial charge in [0.15, 0.2) is 0 Å². The van der Waals surface area contributed by atoms with Crippen LogP contribution in [0, 0.1) is 16.0 Å². The van der Waals surface area contributed by atoms with E-state index < -0.39 is 43.3 Å². The standard InChI is InChI=1S/C14H18F3N3O4S/c15-14(16,17)11-7-10(20(21)22)5-6-13(11)25(23,24)19-12(8-18)9-3-1-2-4-9/h5-7,9,12,19H,1-4,8,18H2. The second-order valence-corrected chi connectivity index (χ2v) is 7.63. The van der Waals surface area contributed by atoms with E-state index in [-0.39, 0.29) is 18.5 Å². The van der Waals surface area contributed by atoms with E-state index in [1.165, 1.54) is 0 Å². The minimum Gasteiger partial charge on any atom is -0.329 e. The first kappa shape index (κ1) is 19.6. The molecule has 0 radical (unpaired) electrons. The maximum atomic E-state index is 13.2. The molecule has 0 heterocycles. The van der Waals surface area contributed by atoms with Crippen molar-refractivity contribution >= 4 is 15.7 Å². The minimum atomic E-state index is -5.05. The van der Waals surface area contributed by atoms with Gasteiger partial charge in [0.05, 0.1) is 15.4 Å². The largest absolute Gasteiger partial charge is 0.417 e. The van der Waals surface area contributed by atoms with Crippen molar-refractivity contribution in [3.8, 4) is 0 Å². The highest BCUT2D eigenvalue weighted by Crippen LogP contribution is 2.37. The van der Waals surface area contributed by atoms with Gasteiger partial charge in [-0.3, -0.25) is 10.1 Å². The van der Waals surface area contributed by atoms with E-state index >= 15 is 0 Å². The number of nitrogens with one attached hydrogen (secondary N) is 1. The molecular weight excluding hydrogens is 363 g/mol. The Hall–Kier alpha value is -1.72. The summed E-state index contributed by atoms with van der Waals surface area (Å²) in [5, 5.41) is 10.7. The number of hydrogen-bond donors (Lipinski definition) is 2. The lowest BCUT2D eigenvalue weighted by Gasteiger charge is -2.24. The lowest BCUT2D eigenvalue weighted by Crippen LogP contribution is -2.44. The molecule has 0 bridgehead atoms. The number of nitrogens with zero attached hydrogens (tertiary/aromatic N) is 1. The highest BCUT2D eigenvalue weighted by molar-refractivity contribution is 7.89. The predicted molar refractivity (Wildman–Crippen MR) is 83.2 cm³/mol. The number of rotatable bonds is 6. The van der Waals surface area contributed by atoms with E-state index in [4.69, 9.17) is 5.73 Å². The molecule has 11 heteroatoms. The maximum absolute atomic E-state index is 13.2. The molecule has 0 saturated heterocycles. The van der Waals surface area contributed by atoms with Crippen molar-refractivity contribution in [3.05, 3.63) is 33.9 Å². The molecule has 1 atom stereocenters. The minimum absolute atomic E-state index is 0.0350. The Balaban J connectivity index is 2.42. The number of nitro groups is 1. The van der Waals surface area contributed by atoms with Gasteiger partial charge in [0, 0.05) is 24.7 Å². The second kappa shape index (κ2) is 7.26. The molecule has 1 unspecified atom stereocenters. The van der Waals surface area contributed by atoms with Crippen molar-refractivity contribution in [3.63, 3.8) is 0 Å². The van der Waals surface area contributed by atoms with Gasteiger partial charge in [0.1, 0.15) is 0 Å². The zero-order valence-electron chi connectivity index (χ0n) is 13.1. The smallest absolute Gasteiger partial charge is 0.329 e.